The largest absolute Gasteiger partial charge is 0.207 e. The Labute approximate surface area is 462 Å². The molecule has 0 fully saturated rings. The first kappa shape index (κ1) is 46.6. The minimum atomic E-state index is -1.26. The molecular weight excluding hydrogens is 1030 g/mol. The Morgan fingerprint density at radius 1 is 0.207 bits per heavy atom. The van der Waals surface area contributed by atoms with Gasteiger partial charge in [-0.1, -0.05) is 206 Å². The molecule has 0 bridgehead atoms. The van der Waals surface area contributed by atoms with Gasteiger partial charge in [0.05, 0.1) is 0 Å². The van der Waals surface area contributed by atoms with E-state index in [0.717, 1.165) is 152 Å². The van der Waals surface area contributed by atoms with Gasteiger partial charge < -0.3 is 0 Å². The molecule has 0 saturated heterocycles. The van der Waals surface area contributed by atoms with Gasteiger partial charge in [0, 0.05) is 23.3 Å². The van der Waals surface area contributed by atoms with Gasteiger partial charge in [0.15, 0.2) is 23.3 Å². The van der Waals surface area contributed by atoms with Crippen LogP contribution in [0.25, 0.3) is 131 Å². The highest BCUT2D eigenvalue weighted by atomic mass is 19.2. The molecule has 15 aromatic carbocycles. The van der Waals surface area contributed by atoms with Gasteiger partial charge in [0.1, 0.15) is 11.6 Å². The van der Waals surface area contributed by atoms with Crippen LogP contribution in [0.5, 0.6) is 0 Å². The summed E-state index contributed by atoms with van der Waals surface area (Å²) >= 11 is 0. The number of fused-ring (bicyclic) bond motifs is 6. The Bertz CT molecular complexity index is 5440. The van der Waals surface area contributed by atoms with Gasteiger partial charge in [0.25, 0.3) is 0 Å². The molecular formula is C76H38F6. The fourth-order valence-corrected chi connectivity index (χ4v) is 14.4. The molecule has 0 N–H and O–H groups in total. The van der Waals surface area contributed by atoms with Crippen molar-refractivity contribution in [3.63, 3.8) is 0 Å². The highest BCUT2D eigenvalue weighted by Gasteiger charge is 2.28. The average molecular weight is 1070 g/mol. The van der Waals surface area contributed by atoms with Crippen LogP contribution in [0.15, 0.2) is 231 Å². The zero-order chi connectivity index (χ0) is 54.8. The summed E-state index contributed by atoms with van der Waals surface area (Å²) in [5.41, 5.74) is 7.50. The lowest BCUT2D eigenvalue weighted by atomic mass is 9.85. The fraction of sp³-hybridized carbons (Fsp3) is 0. The van der Waals surface area contributed by atoms with Gasteiger partial charge in [-0.05, 0) is 174 Å². The molecule has 384 valence electrons. The molecule has 15 aromatic rings. The molecule has 82 heavy (non-hydrogen) atoms. The summed E-state index contributed by atoms with van der Waals surface area (Å²) in [7, 11) is 0. The van der Waals surface area contributed by atoms with E-state index in [1.807, 2.05) is 84.9 Å². The number of rotatable bonds is 6. The van der Waals surface area contributed by atoms with Crippen LogP contribution in [0.1, 0.15) is 0 Å². The van der Waals surface area contributed by atoms with Gasteiger partial charge in [-0.15, -0.1) is 0 Å². The van der Waals surface area contributed by atoms with Crippen LogP contribution in [0.2, 0.25) is 0 Å². The SMILES string of the molecule is Fc1cc(F)c(F)c(-c2ccccc2-c2c3c(c(-c4ccccc4)c4ccccc24)=c2ccc4c5ccc6c7c(ccc(c8ccc=3c2c48)c75)=c2c(-c3ccccc3)c3ccccc3c(-c3ccccc3-c3cc(F)cc(F)c3F)c2=6)c1. The van der Waals surface area contributed by atoms with Crippen molar-refractivity contribution in [1.29, 1.82) is 0 Å². The van der Waals surface area contributed by atoms with Crippen molar-refractivity contribution < 1.29 is 26.3 Å². The summed E-state index contributed by atoms with van der Waals surface area (Å²) in [6.45, 7) is 0. The molecule has 0 spiro atoms. The number of hydrogen-bond acceptors (Lipinski definition) is 0. The molecule has 6 heteroatoms. The second-order valence-electron chi connectivity index (χ2n) is 21.6. The second-order valence-corrected chi connectivity index (χ2v) is 21.6. The van der Waals surface area contributed by atoms with Crippen molar-refractivity contribution >= 4 is 64.6 Å². The summed E-state index contributed by atoms with van der Waals surface area (Å²) in [6, 6.07) is 72.9. The predicted molar refractivity (Wildman–Crippen MR) is 319 cm³/mol. The Balaban J connectivity index is 1.06. The van der Waals surface area contributed by atoms with E-state index >= 15 is 26.3 Å². The lowest BCUT2D eigenvalue weighted by Gasteiger charge is -2.18. The van der Waals surface area contributed by atoms with Gasteiger partial charge in [0.2, 0.25) is 0 Å². The van der Waals surface area contributed by atoms with E-state index in [1.54, 1.807) is 24.3 Å². The third-order valence-electron chi connectivity index (χ3n) is 17.5. The predicted octanol–water partition coefficient (Wildman–Crippen LogP) is 20.7. The van der Waals surface area contributed by atoms with E-state index in [2.05, 4.69) is 97.1 Å². The van der Waals surface area contributed by atoms with Crippen molar-refractivity contribution in [1.82, 2.24) is 0 Å². The summed E-state index contributed by atoms with van der Waals surface area (Å²) in [4.78, 5) is 0. The smallest absolute Gasteiger partial charge is 0.166 e. The molecule has 2 aliphatic rings. The van der Waals surface area contributed by atoms with E-state index in [1.165, 1.54) is 0 Å². The first-order chi connectivity index (χ1) is 40.2. The zero-order valence-corrected chi connectivity index (χ0v) is 43.2. The maximum absolute atomic E-state index is 16.1. The van der Waals surface area contributed by atoms with Crippen LogP contribution in [0.4, 0.5) is 26.3 Å². The summed E-state index contributed by atoms with van der Waals surface area (Å²) in [6.07, 6.45) is 0. The maximum atomic E-state index is 16.1. The Morgan fingerprint density at radius 3 is 0.854 bits per heavy atom. The number of benzene rings is 15. The molecule has 0 radical (unpaired) electrons. The van der Waals surface area contributed by atoms with E-state index in [9.17, 15) is 0 Å². The number of hydrogen-bond donors (Lipinski definition) is 0. The third-order valence-corrected chi connectivity index (χ3v) is 17.5. The second kappa shape index (κ2) is 17.1. The van der Waals surface area contributed by atoms with E-state index in [-0.39, 0.29) is 11.1 Å². The average Bonchev–Trinajstić information content (AvgIpc) is 2.04. The zero-order valence-electron chi connectivity index (χ0n) is 43.2. The molecule has 0 amide bonds. The summed E-state index contributed by atoms with van der Waals surface area (Å²) < 4.78 is 93.1. The Morgan fingerprint density at radius 2 is 0.500 bits per heavy atom. The quantitative estimate of drug-likeness (QED) is 0.0674. The van der Waals surface area contributed by atoms with Crippen molar-refractivity contribution in [3.8, 4) is 66.8 Å². The summed E-state index contributed by atoms with van der Waals surface area (Å²) in [5, 5.41) is 20.3. The highest BCUT2D eigenvalue weighted by Crippen LogP contribution is 2.51. The van der Waals surface area contributed by atoms with Gasteiger partial charge >= 0.3 is 0 Å². The minimum absolute atomic E-state index is 0.162. The topological polar surface area (TPSA) is 0 Å². The molecule has 0 aliphatic heterocycles. The Kier molecular flexibility index (Phi) is 9.72. The monoisotopic (exact) mass is 1060 g/mol. The molecule has 0 aromatic heterocycles. The lowest BCUT2D eigenvalue weighted by molar-refractivity contribution is 0.497. The first-order valence-corrected chi connectivity index (χ1v) is 27.2. The van der Waals surface area contributed by atoms with Crippen LogP contribution in [0.3, 0.4) is 0 Å². The maximum Gasteiger partial charge on any atom is 0.166 e. The van der Waals surface area contributed by atoms with Crippen LogP contribution in [0, 0.1) is 76.7 Å². The molecule has 17 rings (SSSR count). The van der Waals surface area contributed by atoms with Crippen molar-refractivity contribution in [2.24, 2.45) is 0 Å². The molecule has 0 heterocycles. The van der Waals surface area contributed by atoms with Gasteiger partial charge in [-0.2, -0.15) is 0 Å². The molecule has 0 unspecified atom stereocenters. The molecule has 0 saturated carbocycles. The van der Waals surface area contributed by atoms with Crippen LogP contribution in [-0.4, -0.2) is 0 Å². The van der Waals surface area contributed by atoms with Crippen molar-refractivity contribution in [2.45, 2.75) is 0 Å². The van der Waals surface area contributed by atoms with E-state index in [0.29, 0.717) is 34.4 Å². The fourth-order valence-electron chi connectivity index (χ4n) is 14.4. The lowest BCUT2D eigenvalue weighted by Crippen LogP contribution is -1.97. The van der Waals surface area contributed by atoms with E-state index in [4.69, 9.17) is 0 Å². The minimum Gasteiger partial charge on any atom is -0.207 e. The standard InChI is InChI=1S/C76H38F6/c77-41-35-59(75(81)61(79)37-41)43-19-7-9-21-45(43)67-49-25-13-11-23-47(49)63(39-15-3-1-4-16-39)71-55-31-27-51-54-30-34-58-70-56(32-28-52(66(54)70)53-29-33-57(73(67)71)69(55)65(51)53)72-64(40-17-5-2-6-18-40)48-24-12-14-26-50(48)68(74(58)72)46-22-10-8-20-44(46)60-36-42(78)38-62(80)76(60)82/h1-38H. The molecule has 0 atom stereocenters. The summed E-state index contributed by atoms with van der Waals surface area (Å²) in [5.74, 6) is -6.50. The first-order valence-electron chi connectivity index (χ1n) is 27.2. The van der Waals surface area contributed by atoms with Gasteiger partial charge in [-0.3, -0.25) is 0 Å². The highest BCUT2D eigenvalue weighted by molar-refractivity contribution is 6.33. The van der Waals surface area contributed by atoms with E-state index < -0.39 is 34.9 Å². The molecule has 2 aliphatic carbocycles. The normalized spacial score (nSPS) is 12.3. The van der Waals surface area contributed by atoms with Gasteiger partial charge in [-0.25, -0.2) is 26.3 Å². The van der Waals surface area contributed by atoms with Crippen molar-refractivity contribution in [2.75, 3.05) is 0 Å². The third kappa shape index (κ3) is 6.23. The van der Waals surface area contributed by atoms with Crippen LogP contribution in [-0.2, 0) is 0 Å². The molecule has 0 nitrogen and oxygen atoms in total. The van der Waals surface area contributed by atoms with Crippen LogP contribution < -0.4 is 0 Å². The van der Waals surface area contributed by atoms with Crippen LogP contribution >= 0.6 is 0 Å². The number of halogens is 6. The Hall–Kier alpha value is -10.3. The van der Waals surface area contributed by atoms with Crippen molar-refractivity contribution in [3.05, 3.63) is 307 Å².